The minimum absolute atomic E-state index is 0.232. The highest BCUT2D eigenvalue weighted by atomic mass is 16.2. The van der Waals surface area contributed by atoms with Crippen molar-refractivity contribution in [3.8, 4) is 0 Å². The van der Waals surface area contributed by atoms with E-state index in [1.165, 1.54) is 0 Å². The lowest BCUT2D eigenvalue weighted by molar-refractivity contribution is -0.122. The molecule has 16 heavy (non-hydrogen) atoms. The highest BCUT2D eigenvalue weighted by Gasteiger charge is 2.07. The number of hydrogen-bond acceptors (Lipinski definition) is 3. The lowest BCUT2D eigenvalue weighted by atomic mass is 10.1. The van der Waals surface area contributed by atoms with Crippen molar-refractivity contribution in [1.29, 1.82) is 0 Å². The molecule has 86 valence electrons. The normalized spacial score (nSPS) is 11.9. The molecule has 1 unspecified atom stereocenters. The van der Waals surface area contributed by atoms with Crippen LogP contribution in [0.25, 0.3) is 0 Å². The average Bonchev–Trinajstić information content (AvgIpc) is 2.26. The zero-order valence-electron chi connectivity index (χ0n) is 9.07. The summed E-state index contributed by atoms with van der Waals surface area (Å²) in [5.74, 6) is -0.718. The molecule has 1 rings (SSSR count). The second kappa shape index (κ2) is 5.27. The lowest BCUT2D eigenvalue weighted by Gasteiger charge is -2.08. The Kier molecular flexibility index (Phi) is 4.02. The van der Waals surface area contributed by atoms with Crippen LogP contribution in [-0.4, -0.2) is 17.9 Å². The van der Waals surface area contributed by atoms with Crippen LogP contribution < -0.4 is 16.8 Å². The Labute approximate surface area is 93.8 Å². The Morgan fingerprint density at radius 2 is 2.12 bits per heavy atom. The summed E-state index contributed by atoms with van der Waals surface area (Å²) in [6, 6.07) is 6.24. The minimum atomic E-state index is -0.542. The maximum atomic E-state index is 11.2. The SMILES string of the molecule is CC(N)C(=O)NCc1cccc(C(N)=O)c1. The molecule has 0 saturated carbocycles. The van der Waals surface area contributed by atoms with Gasteiger partial charge in [-0.3, -0.25) is 9.59 Å². The molecule has 1 aromatic rings. The average molecular weight is 221 g/mol. The van der Waals surface area contributed by atoms with Gasteiger partial charge in [0.25, 0.3) is 0 Å². The van der Waals surface area contributed by atoms with Crippen LogP contribution in [-0.2, 0) is 11.3 Å². The molecule has 0 aliphatic carbocycles. The molecule has 5 heteroatoms. The highest BCUT2D eigenvalue weighted by molar-refractivity contribution is 5.92. The number of nitrogens with one attached hydrogen (secondary N) is 1. The van der Waals surface area contributed by atoms with E-state index in [2.05, 4.69) is 5.32 Å². The smallest absolute Gasteiger partial charge is 0.248 e. The minimum Gasteiger partial charge on any atom is -0.366 e. The molecule has 2 amide bonds. The molecule has 1 aromatic carbocycles. The van der Waals surface area contributed by atoms with Gasteiger partial charge in [-0.15, -0.1) is 0 Å². The topological polar surface area (TPSA) is 98.2 Å². The molecule has 5 N–H and O–H groups in total. The lowest BCUT2D eigenvalue weighted by Crippen LogP contribution is -2.37. The fraction of sp³-hybridized carbons (Fsp3) is 0.273. The van der Waals surface area contributed by atoms with Crippen molar-refractivity contribution in [2.75, 3.05) is 0 Å². The van der Waals surface area contributed by atoms with Gasteiger partial charge in [0, 0.05) is 12.1 Å². The third-order valence-electron chi connectivity index (χ3n) is 2.09. The quantitative estimate of drug-likeness (QED) is 0.653. The van der Waals surface area contributed by atoms with E-state index in [1.807, 2.05) is 0 Å². The first-order valence-corrected chi connectivity index (χ1v) is 4.92. The van der Waals surface area contributed by atoms with Gasteiger partial charge < -0.3 is 16.8 Å². The molecule has 0 bridgehead atoms. The van der Waals surface area contributed by atoms with E-state index in [4.69, 9.17) is 11.5 Å². The molecular formula is C11H15N3O2. The Morgan fingerprint density at radius 1 is 1.44 bits per heavy atom. The molecule has 0 fully saturated rings. The maximum Gasteiger partial charge on any atom is 0.248 e. The molecule has 0 saturated heterocycles. The summed E-state index contributed by atoms with van der Waals surface area (Å²) < 4.78 is 0. The second-order valence-corrected chi connectivity index (χ2v) is 3.57. The van der Waals surface area contributed by atoms with E-state index in [1.54, 1.807) is 31.2 Å². The predicted octanol–water partition coefficient (Wildman–Crippen LogP) is -0.251. The summed E-state index contributed by atoms with van der Waals surface area (Å²) in [6.07, 6.45) is 0. The van der Waals surface area contributed by atoms with E-state index in [9.17, 15) is 9.59 Å². The standard InChI is InChI=1S/C11H15N3O2/c1-7(12)11(16)14-6-8-3-2-4-9(5-8)10(13)15/h2-5,7H,6,12H2,1H3,(H2,13,15)(H,14,16). The third-order valence-corrected chi connectivity index (χ3v) is 2.09. The van der Waals surface area contributed by atoms with Gasteiger partial charge in [0.05, 0.1) is 6.04 Å². The van der Waals surface area contributed by atoms with Crippen LogP contribution in [0, 0.1) is 0 Å². The van der Waals surface area contributed by atoms with Crippen molar-refractivity contribution in [3.05, 3.63) is 35.4 Å². The fourth-order valence-corrected chi connectivity index (χ4v) is 1.18. The van der Waals surface area contributed by atoms with Gasteiger partial charge in [-0.1, -0.05) is 12.1 Å². The molecule has 5 nitrogen and oxygen atoms in total. The first kappa shape index (κ1) is 12.2. The summed E-state index contributed by atoms with van der Waals surface area (Å²) in [4.78, 5) is 22.1. The van der Waals surface area contributed by atoms with Gasteiger partial charge in [0.2, 0.25) is 11.8 Å². The van der Waals surface area contributed by atoms with Crippen molar-refractivity contribution in [2.24, 2.45) is 11.5 Å². The zero-order chi connectivity index (χ0) is 12.1. The van der Waals surface area contributed by atoms with Crippen LogP contribution in [0.1, 0.15) is 22.8 Å². The number of rotatable bonds is 4. The molecule has 0 radical (unpaired) electrons. The molecule has 0 heterocycles. The number of nitrogens with two attached hydrogens (primary N) is 2. The first-order valence-electron chi connectivity index (χ1n) is 4.92. The number of benzene rings is 1. The molecule has 0 aromatic heterocycles. The van der Waals surface area contributed by atoms with Crippen molar-refractivity contribution < 1.29 is 9.59 Å². The second-order valence-electron chi connectivity index (χ2n) is 3.57. The van der Waals surface area contributed by atoms with Gasteiger partial charge in [0.15, 0.2) is 0 Å². The monoisotopic (exact) mass is 221 g/mol. The summed E-state index contributed by atoms with van der Waals surface area (Å²) in [5.41, 5.74) is 11.8. The fourth-order valence-electron chi connectivity index (χ4n) is 1.18. The van der Waals surface area contributed by atoms with Crippen LogP contribution >= 0.6 is 0 Å². The molecule has 0 spiro atoms. The van der Waals surface area contributed by atoms with Crippen LogP contribution in [0.2, 0.25) is 0 Å². The zero-order valence-corrected chi connectivity index (χ0v) is 9.07. The van der Waals surface area contributed by atoms with Crippen LogP contribution in [0.4, 0.5) is 0 Å². The van der Waals surface area contributed by atoms with E-state index in [0.717, 1.165) is 5.56 Å². The van der Waals surface area contributed by atoms with Crippen LogP contribution in [0.5, 0.6) is 0 Å². The summed E-state index contributed by atoms with van der Waals surface area (Å²) in [6.45, 7) is 1.94. The Morgan fingerprint density at radius 3 is 2.69 bits per heavy atom. The van der Waals surface area contributed by atoms with Gasteiger partial charge in [-0.25, -0.2) is 0 Å². The number of carbonyl (C=O) groups excluding carboxylic acids is 2. The van der Waals surface area contributed by atoms with Crippen LogP contribution in [0.15, 0.2) is 24.3 Å². The third kappa shape index (κ3) is 3.36. The highest BCUT2D eigenvalue weighted by Crippen LogP contribution is 2.04. The predicted molar refractivity (Wildman–Crippen MR) is 60.5 cm³/mol. The summed E-state index contributed by atoms with van der Waals surface area (Å²) in [5, 5.41) is 2.65. The van der Waals surface area contributed by atoms with Gasteiger partial charge in [-0.2, -0.15) is 0 Å². The van der Waals surface area contributed by atoms with Crippen LogP contribution in [0.3, 0.4) is 0 Å². The van der Waals surface area contributed by atoms with Crippen molar-refractivity contribution in [2.45, 2.75) is 19.5 Å². The summed E-state index contributed by atoms with van der Waals surface area (Å²) >= 11 is 0. The van der Waals surface area contributed by atoms with Gasteiger partial charge in [-0.05, 0) is 24.6 Å². The van der Waals surface area contributed by atoms with Crippen molar-refractivity contribution in [3.63, 3.8) is 0 Å². The van der Waals surface area contributed by atoms with E-state index in [0.29, 0.717) is 12.1 Å². The molecule has 0 aliphatic heterocycles. The van der Waals surface area contributed by atoms with Crippen molar-refractivity contribution in [1.82, 2.24) is 5.32 Å². The number of primary amides is 1. The molecular weight excluding hydrogens is 206 g/mol. The Bertz CT molecular complexity index is 402. The molecule has 1 atom stereocenters. The van der Waals surface area contributed by atoms with E-state index < -0.39 is 11.9 Å². The largest absolute Gasteiger partial charge is 0.366 e. The van der Waals surface area contributed by atoms with Gasteiger partial charge >= 0.3 is 0 Å². The van der Waals surface area contributed by atoms with E-state index in [-0.39, 0.29) is 5.91 Å². The Balaban J connectivity index is 2.64. The number of amides is 2. The number of carbonyl (C=O) groups is 2. The maximum absolute atomic E-state index is 11.2. The van der Waals surface area contributed by atoms with E-state index >= 15 is 0 Å². The first-order chi connectivity index (χ1) is 7.50. The summed E-state index contributed by atoms with van der Waals surface area (Å²) in [7, 11) is 0. The number of hydrogen-bond donors (Lipinski definition) is 3. The Hall–Kier alpha value is -1.88. The molecule has 0 aliphatic rings. The van der Waals surface area contributed by atoms with Crippen molar-refractivity contribution >= 4 is 11.8 Å². The van der Waals surface area contributed by atoms with Gasteiger partial charge in [0.1, 0.15) is 0 Å².